The van der Waals surface area contributed by atoms with Crippen LogP contribution >= 0.6 is 22.9 Å². The van der Waals surface area contributed by atoms with Crippen molar-refractivity contribution in [2.24, 2.45) is 0 Å². The normalized spacial score (nSPS) is 19.5. The third kappa shape index (κ3) is 2.94. The lowest BCUT2D eigenvalue weighted by Crippen LogP contribution is -2.29. The van der Waals surface area contributed by atoms with Crippen molar-refractivity contribution in [1.29, 1.82) is 0 Å². The number of anilines is 1. The molecule has 1 N–H and O–H groups in total. The summed E-state index contributed by atoms with van der Waals surface area (Å²) in [6.07, 6.45) is 0. The van der Waals surface area contributed by atoms with Crippen LogP contribution in [-0.4, -0.2) is 23.6 Å². The van der Waals surface area contributed by atoms with Gasteiger partial charge in [0.15, 0.2) is 11.5 Å². The van der Waals surface area contributed by atoms with Crippen LogP contribution in [0.5, 0.6) is 11.5 Å². The number of benzene rings is 2. The van der Waals surface area contributed by atoms with E-state index in [1.165, 1.54) is 16.2 Å². The highest BCUT2D eigenvalue weighted by molar-refractivity contribution is 7.10. The van der Waals surface area contributed by atoms with Crippen molar-refractivity contribution in [3.8, 4) is 11.5 Å². The van der Waals surface area contributed by atoms with Crippen LogP contribution in [0, 0.1) is 0 Å². The van der Waals surface area contributed by atoms with Crippen molar-refractivity contribution in [3.05, 3.63) is 81.0 Å². The first-order valence-corrected chi connectivity index (χ1v) is 10.3. The predicted octanol–water partition coefficient (Wildman–Crippen LogP) is 4.76. The molecule has 1 atom stereocenters. The van der Waals surface area contributed by atoms with E-state index in [0.29, 0.717) is 27.8 Å². The second-order valence-corrected chi connectivity index (χ2v) is 8.15. The number of ether oxygens (including phenoxy) is 2. The van der Waals surface area contributed by atoms with Crippen LogP contribution in [0.15, 0.2) is 65.6 Å². The van der Waals surface area contributed by atoms with Crippen molar-refractivity contribution in [1.82, 2.24) is 0 Å². The van der Waals surface area contributed by atoms with Crippen LogP contribution in [-0.2, 0) is 9.59 Å². The Hall–Kier alpha value is -3.29. The number of halogens is 1. The molecule has 5 rings (SSSR count). The van der Waals surface area contributed by atoms with Crippen molar-refractivity contribution in [3.63, 3.8) is 0 Å². The van der Waals surface area contributed by atoms with Gasteiger partial charge in [0.25, 0.3) is 11.7 Å². The molecule has 2 aliphatic heterocycles. The van der Waals surface area contributed by atoms with Gasteiger partial charge in [0, 0.05) is 21.2 Å². The molecule has 1 fully saturated rings. The zero-order valence-electron chi connectivity index (χ0n) is 15.4. The summed E-state index contributed by atoms with van der Waals surface area (Å²) in [5.74, 6) is -0.729. The fourth-order valence-electron chi connectivity index (χ4n) is 3.64. The summed E-state index contributed by atoms with van der Waals surface area (Å²) in [5, 5.41) is 13.4. The van der Waals surface area contributed by atoms with Crippen LogP contribution < -0.4 is 14.4 Å². The van der Waals surface area contributed by atoms with E-state index in [-0.39, 0.29) is 18.1 Å². The van der Waals surface area contributed by atoms with Gasteiger partial charge in [0.2, 0.25) is 6.79 Å². The molecule has 3 aromatic rings. The summed E-state index contributed by atoms with van der Waals surface area (Å²) in [6.45, 7) is 0.0912. The maximum atomic E-state index is 13.0. The zero-order chi connectivity index (χ0) is 20.8. The second-order valence-electron chi connectivity index (χ2n) is 6.73. The molecule has 0 bridgehead atoms. The molecule has 2 aromatic carbocycles. The number of fused-ring (bicyclic) bond motifs is 1. The third-order valence-corrected chi connectivity index (χ3v) is 6.15. The summed E-state index contributed by atoms with van der Waals surface area (Å²) in [4.78, 5) is 28.2. The molecule has 1 saturated heterocycles. The van der Waals surface area contributed by atoms with E-state index in [2.05, 4.69) is 0 Å². The number of aliphatic hydroxyl groups excluding tert-OH is 1. The molecule has 0 aliphatic carbocycles. The lowest BCUT2D eigenvalue weighted by atomic mass is 9.99. The molecule has 1 amide bonds. The summed E-state index contributed by atoms with van der Waals surface area (Å²) >= 11 is 7.52. The van der Waals surface area contributed by atoms with Gasteiger partial charge in [-0.1, -0.05) is 23.7 Å². The van der Waals surface area contributed by atoms with Gasteiger partial charge in [-0.2, -0.15) is 0 Å². The van der Waals surface area contributed by atoms with E-state index in [9.17, 15) is 14.7 Å². The number of amides is 1. The Morgan fingerprint density at radius 3 is 2.67 bits per heavy atom. The topological polar surface area (TPSA) is 76.1 Å². The van der Waals surface area contributed by atoms with Crippen molar-refractivity contribution < 1.29 is 24.2 Å². The van der Waals surface area contributed by atoms with Crippen LogP contribution in [0.25, 0.3) is 5.76 Å². The lowest BCUT2D eigenvalue weighted by molar-refractivity contribution is -0.132. The number of carbonyl (C=O) groups is 2. The van der Waals surface area contributed by atoms with Crippen molar-refractivity contribution in [2.45, 2.75) is 6.04 Å². The van der Waals surface area contributed by atoms with Gasteiger partial charge >= 0.3 is 0 Å². The van der Waals surface area contributed by atoms with Crippen LogP contribution in [0.4, 0.5) is 5.69 Å². The maximum absolute atomic E-state index is 13.0. The summed E-state index contributed by atoms with van der Waals surface area (Å²) in [7, 11) is 0. The first-order valence-electron chi connectivity index (χ1n) is 9.04. The van der Waals surface area contributed by atoms with Crippen molar-refractivity contribution >= 4 is 46.1 Å². The number of thiophene rings is 1. The van der Waals surface area contributed by atoms with E-state index < -0.39 is 17.7 Å². The number of ketones is 1. The Morgan fingerprint density at radius 1 is 1.07 bits per heavy atom. The molecule has 1 unspecified atom stereocenters. The van der Waals surface area contributed by atoms with Gasteiger partial charge in [-0.05, 0) is 47.8 Å². The molecule has 3 heterocycles. The van der Waals surface area contributed by atoms with Gasteiger partial charge < -0.3 is 14.6 Å². The number of hydrogen-bond acceptors (Lipinski definition) is 6. The molecule has 30 heavy (non-hydrogen) atoms. The molecule has 0 saturated carbocycles. The number of rotatable bonds is 3. The predicted molar refractivity (Wildman–Crippen MR) is 113 cm³/mol. The van der Waals surface area contributed by atoms with Gasteiger partial charge in [0.05, 0.1) is 5.57 Å². The Balaban J connectivity index is 1.69. The molecular weight excluding hydrogens is 426 g/mol. The lowest BCUT2D eigenvalue weighted by Gasteiger charge is -2.24. The minimum absolute atomic E-state index is 0.0151. The summed E-state index contributed by atoms with van der Waals surface area (Å²) in [5.41, 5.74) is 0.860. The Morgan fingerprint density at radius 2 is 1.90 bits per heavy atom. The van der Waals surface area contributed by atoms with Gasteiger partial charge in [-0.25, -0.2) is 0 Å². The number of Topliss-reactive ketones (excluding diaryl/α,β-unsaturated/α-hetero) is 1. The minimum Gasteiger partial charge on any atom is -0.507 e. The van der Waals surface area contributed by atoms with Crippen LogP contribution in [0.1, 0.15) is 16.5 Å². The van der Waals surface area contributed by atoms with Crippen LogP contribution in [0.2, 0.25) is 5.02 Å². The van der Waals surface area contributed by atoms with E-state index in [1.54, 1.807) is 42.5 Å². The third-order valence-electron chi connectivity index (χ3n) is 4.99. The molecule has 2 aliphatic rings. The van der Waals surface area contributed by atoms with E-state index in [4.69, 9.17) is 21.1 Å². The van der Waals surface area contributed by atoms with Gasteiger partial charge in [0.1, 0.15) is 11.8 Å². The Labute approximate surface area is 180 Å². The summed E-state index contributed by atoms with van der Waals surface area (Å²) < 4.78 is 10.7. The SMILES string of the molecule is O=C1C(=O)N(c2cccc(Cl)c2)C(c2cccs2)/C1=C(/O)c1ccc2c(c1)OCO2. The van der Waals surface area contributed by atoms with E-state index in [0.717, 1.165) is 4.88 Å². The fraction of sp³-hybridized carbons (Fsp3) is 0.0909. The highest BCUT2D eigenvalue weighted by Crippen LogP contribution is 2.44. The Bertz CT molecular complexity index is 1200. The minimum atomic E-state index is -0.770. The van der Waals surface area contributed by atoms with E-state index in [1.807, 2.05) is 17.5 Å². The molecule has 8 heteroatoms. The molecule has 0 spiro atoms. The molecule has 150 valence electrons. The average Bonchev–Trinajstić information content (AvgIpc) is 3.47. The number of hydrogen-bond donors (Lipinski definition) is 1. The maximum Gasteiger partial charge on any atom is 0.300 e. The molecule has 0 radical (unpaired) electrons. The molecule has 1 aromatic heterocycles. The largest absolute Gasteiger partial charge is 0.507 e. The zero-order valence-corrected chi connectivity index (χ0v) is 16.9. The number of aliphatic hydroxyl groups is 1. The highest BCUT2D eigenvalue weighted by atomic mass is 35.5. The van der Waals surface area contributed by atoms with E-state index >= 15 is 0 Å². The first kappa shape index (κ1) is 18.7. The fourth-order valence-corrected chi connectivity index (χ4v) is 4.65. The molecular formula is C22H14ClNO5S. The number of nitrogens with zero attached hydrogens (tertiary/aromatic N) is 1. The monoisotopic (exact) mass is 439 g/mol. The van der Waals surface area contributed by atoms with Crippen LogP contribution in [0.3, 0.4) is 0 Å². The number of carbonyl (C=O) groups excluding carboxylic acids is 2. The van der Waals surface area contributed by atoms with Gasteiger partial charge in [-0.15, -0.1) is 11.3 Å². The van der Waals surface area contributed by atoms with Crippen molar-refractivity contribution in [2.75, 3.05) is 11.7 Å². The highest BCUT2D eigenvalue weighted by Gasteiger charge is 2.47. The quantitative estimate of drug-likeness (QED) is 0.362. The van der Waals surface area contributed by atoms with Gasteiger partial charge in [-0.3, -0.25) is 14.5 Å². The summed E-state index contributed by atoms with van der Waals surface area (Å²) in [6, 6.07) is 14.5. The Kier molecular flexibility index (Phi) is 4.49. The molecule has 6 nitrogen and oxygen atoms in total. The smallest absolute Gasteiger partial charge is 0.300 e. The first-order chi connectivity index (χ1) is 14.5. The second kappa shape index (κ2) is 7.19. The standard InChI is InChI=1S/C22H14ClNO5S/c23-13-3-1-4-14(10-13)24-19(17-5-2-8-30-17)18(21(26)22(24)27)20(25)12-6-7-15-16(9-12)29-11-28-15/h1-10,19,25H,11H2/b20-18-. The average molecular weight is 440 g/mol.